The van der Waals surface area contributed by atoms with Crippen LogP contribution in [-0.2, 0) is 4.79 Å². The van der Waals surface area contributed by atoms with Crippen molar-refractivity contribution < 1.29 is 4.79 Å². The van der Waals surface area contributed by atoms with Gasteiger partial charge in [-0.15, -0.1) is 0 Å². The number of hydrogen-bond donors (Lipinski definition) is 2. The van der Waals surface area contributed by atoms with E-state index in [9.17, 15) is 4.79 Å². The first-order valence-corrected chi connectivity index (χ1v) is 3.87. The predicted octanol–water partition coefficient (Wildman–Crippen LogP) is -1.36. The minimum absolute atomic E-state index is 0.0289. The third kappa shape index (κ3) is 2.17. The summed E-state index contributed by atoms with van der Waals surface area (Å²) in [5, 5.41) is 5.77. The first-order chi connectivity index (χ1) is 5.24. The molecule has 0 radical (unpaired) electrons. The summed E-state index contributed by atoms with van der Waals surface area (Å²) in [5.41, 5.74) is 0. The van der Waals surface area contributed by atoms with Gasteiger partial charge in [0.05, 0.1) is 6.04 Å². The second-order valence-corrected chi connectivity index (χ2v) is 2.88. The third-order valence-corrected chi connectivity index (χ3v) is 1.94. The van der Waals surface area contributed by atoms with Crippen LogP contribution in [0.25, 0.3) is 0 Å². The molecule has 0 saturated carbocycles. The van der Waals surface area contributed by atoms with Crippen molar-refractivity contribution in [1.29, 1.82) is 0 Å². The van der Waals surface area contributed by atoms with Crippen molar-refractivity contribution in [3.63, 3.8) is 0 Å². The van der Waals surface area contributed by atoms with E-state index in [-0.39, 0.29) is 11.9 Å². The lowest BCUT2D eigenvalue weighted by Gasteiger charge is -2.29. The lowest BCUT2D eigenvalue weighted by atomic mass is 10.2. The lowest BCUT2D eigenvalue weighted by molar-refractivity contribution is -0.123. The van der Waals surface area contributed by atoms with Crippen molar-refractivity contribution in [2.45, 2.75) is 6.04 Å². The van der Waals surface area contributed by atoms with Gasteiger partial charge in [0.2, 0.25) is 5.91 Å². The van der Waals surface area contributed by atoms with Gasteiger partial charge >= 0.3 is 0 Å². The zero-order chi connectivity index (χ0) is 8.27. The van der Waals surface area contributed by atoms with Gasteiger partial charge < -0.3 is 15.5 Å². The Morgan fingerprint density at radius 1 is 1.73 bits per heavy atom. The molecule has 0 aromatic heterocycles. The van der Waals surface area contributed by atoms with Crippen molar-refractivity contribution in [2.24, 2.45) is 0 Å². The van der Waals surface area contributed by atoms with Crippen LogP contribution in [0.15, 0.2) is 0 Å². The zero-order valence-electron chi connectivity index (χ0n) is 7.05. The fourth-order valence-electron chi connectivity index (χ4n) is 1.25. The van der Waals surface area contributed by atoms with Crippen LogP contribution in [0.4, 0.5) is 0 Å². The van der Waals surface area contributed by atoms with E-state index in [4.69, 9.17) is 0 Å². The fourth-order valence-corrected chi connectivity index (χ4v) is 1.25. The Labute approximate surface area is 66.9 Å². The summed E-state index contributed by atoms with van der Waals surface area (Å²) in [4.78, 5) is 13.3. The van der Waals surface area contributed by atoms with Gasteiger partial charge in [-0.3, -0.25) is 4.79 Å². The number of amides is 1. The maximum atomic E-state index is 11.1. The minimum atomic E-state index is -0.0289. The first-order valence-electron chi connectivity index (χ1n) is 3.87. The largest absolute Gasteiger partial charge is 0.358 e. The van der Waals surface area contributed by atoms with Crippen LogP contribution < -0.4 is 10.6 Å². The maximum Gasteiger partial charge on any atom is 0.238 e. The van der Waals surface area contributed by atoms with E-state index in [1.807, 2.05) is 7.05 Å². The Kier molecular flexibility index (Phi) is 2.84. The molecule has 4 heteroatoms. The lowest BCUT2D eigenvalue weighted by Crippen LogP contribution is -2.55. The summed E-state index contributed by atoms with van der Waals surface area (Å²) in [6.07, 6.45) is 0. The summed E-state index contributed by atoms with van der Waals surface area (Å²) in [7, 11) is 3.69. The molecule has 0 bridgehead atoms. The third-order valence-electron chi connectivity index (χ3n) is 1.94. The van der Waals surface area contributed by atoms with Gasteiger partial charge in [0.25, 0.3) is 0 Å². The molecule has 1 aliphatic rings. The highest BCUT2D eigenvalue weighted by Crippen LogP contribution is 1.94. The van der Waals surface area contributed by atoms with Crippen LogP contribution in [0.2, 0.25) is 0 Å². The van der Waals surface area contributed by atoms with E-state index < -0.39 is 0 Å². The van der Waals surface area contributed by atoms with Gasteiger partial charge in [0.15, 0.2) is 0 Å². The highest BCUT2D eigenvalue weighted by atomic mass is 16.2. The smallest absolute Gasteiger partial charge is 0.238 e. The van der Waals surface area contributed by atoms with Crippen LogP contribution in [0.3, 0.4) is 0 Å². The number of piperazine rings is 1. The molecule has 0 aliphatic carbocycles. The second-order valence-electron chi connectivity index (χ2n) is 2.88. The topological polar surface area (TPSA) is 44.4 Å². The molecule has 1 heterocycles. The fraction of sp³-hybridized carbons (Fsp3) is 0.857. The van der Waals surface area contributed by atoms with Crippen molar-refractivity contribution >= 4 is 5.91 Å². The number of nitrogens with one attached hydrogen (secondary N) is 2. The van der Waals surface area contributed by atoms with Crippen LogP contribution in [0, 0.1) is 0 Å². The van der Waals surface area contributed by atoms with Gasteiger partial charge in [-0.1, -0.05) is 0 Å². The SMILES string of the molecule is CNC(=O)[C@@H]1CN(C)CCN1. The summed E-state index contributed by atoms with van der Waals surface area (Å²) in [6, 6.07) is -0.0289. The molecule has 1 atom stereocenters. The van der Waals surface area contributed by atoms with E-state index in [0.29, 0.717) is 0 Å². The molecular weight excluding hydrogens is 142 g/mol. The van der Waals surface area contributed by atoms with Gasteiger partial charge in [0, 0.05) is 26.7 Å². The average molecular weight is 157 g/mol. The first kappa shape index (κ1) is 8.49. The molecule has 1 amide bonds. The molecule has 2 N–H and O–H groups in total. The maximum absolute atomic E-state index is 11.1. The molecule has 0 aromatic carbocycles. The van der Waals surface area contributed by atoms with Gasteiger partial charge in [-0.05, 0) is 7.05 Å². The molecule has 4 nitrogen and oxygen atoms in total. The Morgan fingerprint density at radius 2 is 2.45 bits per heavy atom. The molecule has 1 saturated heterocycles. The van der Waals surface area contributed by atoms with Gasteiger partial charge in [0.1, 0.15) is 0 Å². The van der Waals surface area contributed by atoms with Crippen LogP contribution in [0.1, 0.15) is 0 Å². The Hall–Kier alpha value is -0.610. The van der Waals surface area contributed by atoms with E-state index >= 15 is 0 Å². The Bertz CT molecular complexity index is 149. The molecule has 1 rings (SSSR count). The van der Waals surface area contributed by atoms with E-state index in [0.717, 1.165) is 19.6 Å². The highest BCUT2D eigenvalue weighted by Gasteiger charge is 2.21. The number of carbonyl (C=O) groups excluding carboxylic acids is 1. The quantitative estimate of drug-likeness (QED) is 0.494. The molecule has 11 heavy (non-hydrogen) atoms. The summed E-state index contributed by atoms with van der Waals surface area (Å²) in [6.45, 7) is 2.72. The van der Waals surface area contributed by atoms with Crippen LogP contribution >= 0.6 is 0 Å². The second kappa shape index (κ2) is 3.69. The van der Waals surface area contributed by atoms with Crippen molar-refractivity contribution in [3.8, 4) is 0 Å². The van der Waals surface area contributed by atoms with Gasteiger partial charge in [-0.2, -0.15) is 0 Å². The Morgan fingerprint density at radius 3 is 3.00 bits per heavy atom. The predicted molar refractivity (Wildman–Crippen MR) is 43.4 cm³/mol. The van der Waals surface area contributed by atoms with Crippen molar-refractivity contribution in [3.05, 3.63) is 0 Å². The summed E-state index contributed by atoms with van der Waals surface area (Å²) in [5.74, 6) is 0.0801. The van der Waals surface area contributed by atoms with E-state index in [1.165, 1.54) is 0 Å². The number of carbonyl (C=O) groups is 1. The summed E-state index contributed by atoms with van der Waals surface area (Å²) >= 11 is 0. The molecule has 64 valence electrons. The van der Waals surface area contributed by atoms with Crippen molar-refractivity contribution in [1.82, 2.24) is 15.5 Å². The number of rotatable bonds is 1. The number of hydrogen-bond acceptors (Lipinski definition) is 3. The molecular formula is C7H15N3O. The van der Waals surface area contributed by atoms with Gasteiger partial charge in [-0.25, -0.2) is 0 Å². The Balaban J connectivity index is 2.39. The van der Waals surface area contributed by atoms with Crippen molar-refractivity contribution in [2.75, 3.05) is 33.7 Å². The molecule has 0 aromatic rings. The molecule has 1 aliphatic heterocycles. The van der Waals surface area contributed by atoms with E-state index in [1.54, 1.807) is 7.05 Å². The molecule has 1 fully saturated rings. The summed E-state index contributed by atoms with van der Waals surface area (Å²) < 4.78 is 0. The zero-order valence-corrected chi connectivity index (χ0v) is 7.05. The van der Waals surface area contributed by atoms with Crippen LogP contribution in [-0.4, -0.2) is 50.6 Å². The van der Waals surface area contributed by atoms with Crippen LogP contribution in [0.5, 0.6) is 0 Å². The average Bonchev–Trinajstić information content (AvgIpc) is 2.03. The van der Waals surface area contributed by atoms with E-state index in [2.05, 4.69) is 15.5 Å². The molecule has 0 unspecified atom stereocenters. The monoisotopic (exact) mass is 157 g/mol. The molecule has 0 spiro atoms. The highest BCUT2D eigenvalue weighted by molar-refractivity contribution is 5.81. The minimum Gasteiger partial charge on any atom is -0.358 e. The standard InChI is InChI=1S/C7H15N3O/c1-8-7(11)6-5-10(2)4-3-9-6/h6,9H,3-5H2,1-2H3,(H,8,11)/t6-/m0/s1. The normalized spacial score (nSPS) is 26.5. The number of likely N-dealkylation sites (N-methyl/N-ethyl adjacent to an activating group) is 2. The number of nitrogens with zero attached hydrogens (tertiary/aromatic N) is 1.